The molecule has 1 aromatic carbocycles. The van der Waals surface area contributed by atoms with E-state index in [0.717, 1.165) is 4.90 Å². The van der Waals surface area contributed by atoms with Crippen LogP contribution in [0.2, 0.25) is 0 Å². The van der Waals surface area contributed by atoms with Gasteiger partial charge in [0.05, 0.1) is 6.54 Å². The van der Waals surface area contributed by atoms with Gasteiger partial charge in [-0.2, -0.15) is 0 Å². The predicted octanol–water partition coefficient (Wildman–Crippen LogP) is 1.61. The van der Waals surface area contributed by atoms with E-state index in [2.05, 4.69) is 10.3 Å². The summed E-state index contributed by atoms with van der Waals surface area (Å²) in [6.45, 7) is -0.262. The molecule has 9 heteroatoms. The fourth-order valence-electron chi connectivity index (χ4n) is 2.20. The first kappa shape index (κ1) is 16.8. The Morgan fingerprint density at radius 1 is 1.32 bits per heavy atom. The van der Waals surface area contributed by atoms with Gasteiger partial charge in [0.2, 0.25) is 5.91 Å². The molecule has 128 valence electrons. The van der Waals surface area contributed by atoms with E-state index in [0.29, 0.717) is 10.6 Å². The van der Waals surface area contributed by atoms with Crippen molar-refractivity contribution in [1.29, 1.82) is 0 Å². The summed E-state index contributed by atoms with van der Waals surface area (Å²) >= 11 is 1.28. The summed E-state index contributed by atoms with van der Waals surface area (Å²) in [5, 5.41) is 4.24. The summed E-state index contributed by atoms with van der Waals surface area (Å²) in [5.41, 5.74) is -0.191. The van der Waals surface area contributed by atoms with E-state index in [1.807, 2.05) is 0 Å². The summed E-state index contributed by atoms with van der Waals surface area (Å²) in [6, 6.07) is 5.26. The molecule has 2 amide bonds. The van der Waals surface area contributed by atoms with Gasteiger partial charge in [0.1, 0.15) is 11.4 Å². The minimum Gasteiger partial charge on any atom is -0.332 e. The molecule has 0 radical (unpaired) electrons. The van der Waals surface area contributed by atoms with Crippen LogP contribution in [0.1, 0.15) is 10.4 Å². The Bertz CT molecular complexity index is 997. The molecule has 7 nitrogen and oxygen atoms in total. The van der Waals surface area contributed by atoms with Gasteiger partial charge in [-0.15, -0.1) is 11.3 Å². The van der Waals surface area contributed by atoms with Gasteiger partial charge in [0, 0.05) is 30.5 Å². The second kappa shape index (κ2) is 6.81. The molecule has 0 saturated carbocycles. The number of nitrogens with zero attached hydrogens (tertiary/aromatic N) is 3. The Hall–Kier alpha value is -3.07. The minimum atomic E-state index is -0.604. The first-order chi connectivity index (χ1) is 12.0. The fourth-order valence-corrected chi connectivity index (χ4v) is 2.87. The number of hydrogen-bond acceptors (Lipinski definition) is 5. The van der Waals surface area contributed by atoms with Gasteiger partial charge in [-0.25, -0.2) is 9.37 Å². The summed E-state index contributed by atoms with van der Waals surface area (Å²) < 4.78 is 14.1. The van der Waals surface area contributed by atoms with Crippen LogP contribution >= 0.6 is 11.3 Å². The lowest BCUT2D eigenvalue weighted by atomic mass is 10.3. The highest BCUT2D eigenvalue weighted by Gasteiger charge is 2.19. The van der Waals surface area contributed by atoms with Crippen molar-refractivity contribution in [3.05, 3.63) is 63.8 Å². The molecule has 0 atom stereocenters. The highest BCUT2D eigenvalue weighted by atomic mass is 32.1. The third kappa shape index (κ3) is 3.56. The number of likely N-dealkylation sites (N-methyl/N-ethyl adjacent to an activating group) is 1. The number of halogens is 1. The molecule has 0 saturated heterocycles. The van der Waals surface area contributed by atoms with E-state index >= 15 is 0 Å². The average Bonchev–Trinajstić information content (AvgIpc) is 3.06. The van der Waals surface area contributed by atoms with Gasteiger partial charge in [0.25, 0.3) is 11.5 Å². The Labute approximate surface area is 145 Å². The van der Waals surface area contributed by atoms with E-state index in [9.17, 15) is 18.8 Å². The molecular weight excluding hydrogens is 347 g/mol. The molecule has 0 aliphatic carbocycles. The van der Waals surface area contributed by atoms with Crippen LogP contribution in [-0.2, 0) is 4.79 Å². The Morgan fingerprint density at radius 2 is 2.04 bits per heavy atom. The number of nitrogens with one attached hydrogen (secondary N) is 1. The largest absolute Gasteiger partial charge is 0.332 e. The monoisotopic (exact) mass is 360 g/mol. The van der Waals surface area contributed by atoms with Crippen molar-refractivity contribution in [2.75, 3.05) is 18.9 Å². The number of hydrogen-bond donors (Lipinski definition) is 1. The van der Waals surface area contributed by atoms with Crippen molar-refractivity contribution in [2.24, 2.45) is 0 Å². The third-order valence-electron chi connectivity index (χ3n) is 3.43. The minimum absolute atomic E-state index is 0.118. The Morgan fingerprint density at radius 3 is 2.76 bits per heavy atom. The number of thiazole rings is 1. The molecule has 2 heterocycles. The number of aromatic nitrogens is 2. The smallest absolute Gasteiger partial charge is 0.271 e. The molecule has 0 aliphatic rings. The molecule has 0 fully saturated rings. The summed E-state index contributed by atoms with van der Waals surface area (Å²) in [5.74, 6) is -1.48. The van der Waals surface area contributed by atoms with Crippen molar-refractivity contribution in [3.8, 4) is 0 Å². The molecule has 25 heavy (non-hydrogen) atoms. The van der Waals surface area contributed by atoms with Gasteiger partial charge in [-0.1, -0.05) is 0 Å². The molecule has 3 rings (SSSR count). The molecule has 2 aromatic heterocycles. The van der Waals surface area contributed by atoms with Crippen LogP contribution in [0, 0.1) is 5.82 Å². The quantitative estimate of drug-likeness (QED) is 0.766. The van der Waals surface area contributed by atoms with Gasteiger partial charge in [0.15, 0.2) is 4.96 Å². The molecule has 3 aromatic rings. The number of fused-ring (bicyclic) bond motifs is 1. The van der Waals surface area contributed by atoms with E-state index in [-0.39, 0.29) is 12.1 Å². The number of benzene rings is 1. The maximum atomic E-state index is 12.9. The second-order valence-electron chi connectivity index (χ2n) is 5.25. The predicted molar refractivity (Wildman–Crippen MR) is 91.3 cm³/mol. The number of carbonyl (C=O) groups is 2. The molecule has 0 aliphatic heterocycles. The molecule has 1 N–H and O–H groups in total. The Balaban J connectivity index is 1.71. The number of anilines is 1. The zero-order valence-electron chi connectivity index (χ0n) is 13.1. The third-order valence-corrected chi connectivity index (χ3v) is 4.20. The lowest BCUT2D eigenvalue weighted by Gasteiger charge is -2.16. The summed E-state index contributed by atoms with van der Waals surface area (Å²) in [6.07, 6.45) is 2.75. The molecule has 0 spiro atoms. The Kier molecular flexibility index (Phi) is 4.57. The van der Waals surface area contributed by atoms with Gasteiger partial charge in [-0.05, 0) is 24.3 Å². The van der Waals surface area contributed by atoms with Crippen LogP contribution in [0.15, 0.2) is 46.8 Å². The van der Waals surface area contributed by atoms with Crippen LogP contribution in [-0.4, -0.2) is 39.7 Å². The number of amides is 2. The maximum Gasteiger partial charge on any atom is 0.271 e. The molecule has 0 bridgehead atoms. The van der Waals surface area contributed by atoms with Gasteiger partial charge in [-0.3, -0.25) is 18.8 Å². The van der Waals surface area contributed by atoms with Crippen LogP contribution < -0.4 is 10.9 Å². The highest BCUT2D eigenvalue weighted by Crippen LogP contribution is 2.09. The number of carbonyl (C=O) groups excluding carboxylic acids is 2. The number of rotatable bonds is 4. The van der Waals surface area contributed by atoms with Crippen LogP contribution in [0.4, 0.5) is 10.1 Å². The molecule has 0 unspecified atom stereocenters. The summed E-state index contributed by atoms with van der Waals surface area (Å²) in [4.78, 5) is 42.4. The normalized spacial score (nSPS) is 10.6. The second-order valence-corrected chi connectivity index (χ2v) is 6.12. The van der Waals surface area contributed by atoms with Crippen LogP contribution in [0.3, 0.4) is 0 Å². The lowest BCUT2D eigenvalue weighted by molar-refractivity contribution is -0.116. The van der Waals surface area contributed by atoms with Crippen molar-refractivity contribution in [2.45, 2.75) is 0 Å². The van der Waals surface area contributed by atoms with Crippen molar-refractivity contribution < 1.29 is 14.0 Å². The van der Waals surface area contributed by atoms with E-state index in [1.165, 1.54) is 59.4 Å². The SMILES string of the molecule is CN(CC(=O)Nc1ccc(F)cc1)C(=O)c1cnc2sccn2c1=O. The zero-order chi connectivity index (χ0) is 18.0. The highest BCUT2D eigenvalue weighted by molar-refractivity contribution is 7.15. The van der Waals surface area contributed by atoms with Crippen LogP contribution in [0.5, 0.6) is 0 Å². The fraction of sp³-hybridized carbons (Fsp3) is 0.125. The molecular formula is C16H13FN4O3S. The van der Waals surface area contributed by atoms with Crippen molar-refractivity contribution in [1.82, 2.24) is 14.3 Å². The zero-order valence-corrected chi connectivity index (χ0v) is 13.9. The topological polar surface area (TPSA) is 83.8 Å². The lowest BCUT2D eigenvalue weighted by Crippen LogP contribution is -2.38. The maximum absolute atomic E-state index is 12.9. The van der Waals surface area contributed by atoms with Crippen LogP contribution in [0.25, 0.3) is 4.96 Å². The standard InChI is InChI=1S/C16H13FN4O3S/c1-20(9-13(22)19-11-4-2-10(17)3-5-11)14(23)12-8-18-16-21(15(12)24)6-7-25-16/h2-8H,9H2,1H3,(H,19,22). The average molecular weight is 360 g/mol. The van der Waals surface area contributed by atoms with Gasteiger partial charge >= 0.3 is 0 Å². The van der Waals surface area contributed by atoms with E-state index in [4.69, 9.17) is 0 Å². The van der Waals surface area contributed by atoms with E-state index < -0.39 is 23.2 Å². The van der Waals surface area contributed by atoms with Gasteiger partial charge < -0.3 is 10.2 Å². The van der Waals surface area contributed by atoms with Crippen molar-refractivity contribution in [3.63, 3.8) is 0 Å². The first-order valence-corrected chi connectivity index (χ1v) is 8.09. The van der Waals surface area contributed by atoms with Crippen molar-refractivity contribution >= 4 is 33.8 Å². The summed E-state index contributed by atoms with van der Waals surface area (Å²) in [7, 11) is 1.41. The first-order valence-electron chi connectivity index (χ1n) is 7.21. The van der Waals surface area contributed by atoms with E-state index in [1.54, 1.807) is 5.38 Å².